The van der Waals surface area contributed by atoms with Gasteiger partial charge in [-0.25, -0.2) is 4.39 Å². The molecule has 1 aromatic heterocycles. The van der Waals surface area contributed by atoms with Gasteiger partial charge in [0.15, 0.2) is 0 Å². The van der Waals surface area contributed by atoms with Gasteiger partial charge in [0.1, 0.15) is 11.9 Å². The van der Waals surface area contributed by atoms with Crippen molar-refractivity contribution in [3.05, 3.63) is 65.7 Å². The highest BCUT2D eigenvalue weighted by Gasteiger charge is 2.40. The van der Waals surface area contributed by atoms with Gasteiger partial charge < -0.3 is 24.8 Å². The molecule has 2 aliphatic rings. The molecular formula is C24H28FN3O5. The Balaban J connectivity index is 1.37. The molecule has 2 amide bonds. The molecule has 2 saturated heterocycles. The minimum atomic E-state index is -0.789. The maximum Gasteiger partial charge on any atom is 0.254 e. The molecule has 2 fully saturated rings. The molecule has 1 aromatic carbocycles. The number of aliphatic hydroxyl groups excluding tert-OH is 1. The topological polar surface area (TPSA) is 101 Å². The van der Waals surface area contributed by atoms with E-state index in [1.807, 2.05) is 0 Å². The molecule has 0 aliphatic carbocycles. The molecule has 33 heavy (non-hydrogen) atoms. The van der Waals surface area contributed by atoms with Crippen LogP contribution in [0.5, 0.6) is 0 Å². The van der Waals surface area contributed by atoms with Gasteiger partial charge in [-0.05, 0) is 42.7 Å². The summed E-state index contributed by atoms with van der Waals surface area (Å²) in [6, 6.07) is 9.12. The number of aromatic nitrogens is 1. The number of β-amino-alcohol motifs (C(OH)–C–C–N with tert-alkyl or cyclic N) is 1. The van der Waals surface area contributed by atoms with Crippen LogP contribution in [-0.4, -0.2) is 70.9 Å². The van der Waals surface area contributed by atoms with Crippen LogP contribution in [0.1, 0.15) is 35.2 Å². The Morgan fingerprint density at radius 3 is 2.79 bits per heavy atom. The predicted octanol–water partition coefficient (Wildman–Crippen LogP) is 1.68. The van der Waals surface area contributed by atoms with E-state index < -0.39 is 12.2 Å². The molecule has 3 heterocycles. The van der Waals surface area contributed by atoms with Crippen LogP contribution >= 0.6 is 0 Å². The van der Waals surface area contributed by atoms with Gasteiger partial charge in [-0.3, -0.25) is 14.6 Å². The number of pyridine rings is 1. The summed E-state index contributed by atoms with van der Waals surface area (Å²) in [6.45, 7) is 0.712. The van der Waals surface area contributed by atoms with Crippen molar-refractivity contribution in [1.29, 1.82) is 0 Å². The summed E-state index contributed by atoms with van der Waals surface area (Å²) in [6.07, 6.45) is 2.99. The number of amides is 2. The van der Waals surface area contributed by atoms with E-state index >= 15 is 0 Å². The number of nitrogens with one attached hydrogen (secondary N) is 1. The van der Waals surface area contributed by atoms with Crippen LogP contribution in [0.4, 0.5) is 4.39 Å². The normalized spacial score (nSPS) is 25.5. The second-order valence-corrected chi connectivity index (χ2v) is 8.44. The van der Waals surface area contributed by atoms with Crippen LogP contribution in [0.25, 0.3) is 0 Å². The van der Waals surface area contributed by atoms with Gasteiger partial charge in [0, 0.05) is 31.0 Å². The lowest BCUT2D eigenvalue weighted by Gasteiger charge is -2.44. The summed E-state index contributed by atoms with van der Waals surface area (Å²) in [5, 5.41) is 13.1. The number of ether oxygens (including phenoxy) is 2. The van der Waals surface area contributed by atoms with Crippen molar-refractivity contribution in [2.75, 3.05) is 19.8 Å². The summed E-state index contributed by atoms with van der Waals surface area (Å²) in [7, 11) is 0. The average Bonchev–Trinajstić information content (AvgIpc) is 2.81. The number of nitrogens with zero attached hydrogens (tertiary/aromatic N) is 2. The molecule has 0 spiro atoms. The lowest BCUT2D eigenvalue weighted by atomic mass is 9.94. The van der Waals surface area contributed by atoms with Crippen molar-refractivity contribution in [2.45, 2.75) is 50.2 Å². The van der Waals surface area contributed by atoms with Gasteiger partial charge in [0.05, 0.1) is 37.9 Å². The maximum absolute atomic E-state index is 13.3. The van der Waals surface area contributed by atoms with Gasteiger partial charge in [-0.15, -0.1) is 0 Å². The Morgan fingerprint density at radius 1 is 1.18 bits per heavy atom. The van der Waals surface area contributed by atoms with Crippen molar-refractivity contribution >= 4 is 11.8 Å². The Labute approximate surface area is 191 Å². The molecule has 0 saturated carbocycles. The fraction of sp³-hybridized carbons (Fsp3) is 0.458. The van der Waals surface area contributed by atoms with E-state index in [2.05, 4.69) is 10.3 Å². The average molecular weight is 458 g/mol. The monoisotopic (exact) mass is 457 g/mol. The first-order valence-corrected chi connectivity index (χ1v) is 11.1. The van der Waals surface area contributed by atoms with Gasteiger partial charge in [0.25, 0.3) is 5.91 Å². The lowest BCUT2D eigenvalue weighted by Crippen LogP contribution is -2.57. The van der Waals surface area contributed by atoms with E-state index in [-0.39, 0.29) is 62.5 Å². The number of aliphatic hydroxyl groups is 1. The standard InChI is InChI=1S/C24H28FN3O5/c25-18-3-1-2-16(10-18)12-27-23(30)11-20-4-5-21-22(33-20)15-32-14-19(29)13-28(21)24(31)17-6-8-26-9-7-17/h1-3,6-10,19-22,29H,4-5,11-15H2,(H,27,30)/t19-,20+,21-,22+/m0/s1. The van der Waals surface area contributed by atoms with E-state index in [1.54, 1.807) is 41.6 Å². The summed E-state index contributed by atoms with van der Waals surface area (Å²) >= 11 is 0. The largest absolute Gasteiger partial charge is 0.389 e. The zero-order valence-corrected chi connectivity index (χ0v) is 18.2. The summed E-state index contributed by atoms with van der Waals surface area (Å²) in [5.74, 6) is -0.721. The molecule has 4 rings (SSSR count). The first kappa shape index (κ1) is 23.3. The van der Waals surface area contributed by atoms with Crippen LogP contribution < -0.4 is 5.32 Å². The molecule has 2 aliphatic heterocycles. The highest BCUT2D eigenvalue weighted by atomic mass is 19.1. The lowest BCUT2D eigenvalue weighted by molar-refractivity contribution is -0.151. The number of fused-ring (bicyclic) bond motifs is 1. The van der Waals surface area contributed by atoms with Crippen LogP contribution in [-0.2, 0) is 20.8 Å². The van der Waals surface area contributed by atoms with Crippen LogP contribution in [0.15, 0.2) is 48.8 Å². The molecular weight excluding hydrogens is 429 g/mol. The van der Waals surface area contributed by atoms with Crippen molar-refractivity contribution in [2.24, 2.45) is 0 Å². The summed E-state index contributed by atoms with van der Waals surface area (Å²) in [5.41, 5.74) is 1.18. The van der Waals surface area contributed by atoms with Crippen LogP contribution in [0, 0.1) is 5.82 Å². The molecule has 4 atom stereocenters. The Morgan fingerprint density at radius 2 is 2.00 bits per heavy atom. The fourth-order valence-corrected chi connectivity index (χ4v) is 4.36. The molecule has 176 valence electrons. The Kier molecular flexibility index (Phi) is 7.64. The van der Waals surface area contributed by atoms with E-state index in [0.29, 0.717) is 24.0 Å². The zero-order valence-electron chi connectivity index (χ0n) is 18.2. The third-order valence-corrected chi connectivity index (χ3v) is 5.96. The van der Waals surface area contributed by atoms with Gasteiger partial charge >= 0.3 is 0 Å². The minimum absolute atomic E-state index is 0.103. The van der Waals surface area contributed by atoms with E-state index in [0.717, 1.165) is 0 Å². The predicted molar refractivity (Wildman–Crippen MR) is 117 cm³/mol. The first-order chi connectivity index (χ1) is 16.0. The van der Waals surface area contributed by atoms with Crippen LogP contribution in [0.3, 0.4) is 0 Å². The zero-order chi connectivity index (χ0) is 23.2. The highest BCUT2D eigenvalue weighted by Crippen LogP contribution is 2.28. The van der Waals surface area contributed by atoms with Gasteiger partial charge in [0.2, 0.25) is 5.91 Å². The van der Waals surface area contributed by atoms with Crippen molar-refractivity contribution in [1.82, 2.24) is 15.2 Å². The number of carbonyl (C=O) groups is 2. The second kappa shape index (κ2) is 10.8. The molecule has 9 heteroatoms. The number of hydrogen-bond acceptors (Lipinski definition) is 6. The van der Waals surface area contributed by atoms with Crippen LogP contribution in [0.2, 0.25) is 0 Å². The van der Waals surface area contributed by atoms with E-state index in [1.165, 1.54) is 12.1 Å². The minimum Gasteiger partial charge on any atom is -0.389 e. The smallest absolute Gasteiger partial charge is 0.254 e. The highest BCUT2D eigenvalue weighted by molar-refractivity contribution is 5.94. The molecule has 0 bridgehead atoms. The van der Waals surface area contributed by atoms with E-state index in [9.17, 15) is 19.1 Å². The van der Waals surface area contributed by atoms with Crippen molar-refractivity contribution in [3.8, 4) is 0 Å². The number of halogens is 1. The molecule has 8 nitrogen and oxygen atoms in total. The van der Waals surface area contributed by atoms with Gasteiger partial charge in [-0.2, -0.15) is 0 Å². The molecule has 2 N–H and O–H groups in total. The van der Waals surface area contributed by atoms with E-state index in [4.69, 9.17) is 9.47 Å². The fourth-order valence-electron chi connectivity index (χ4n) is 4.36. The number of carbonyl (C=O) groups excluding carboxylic acids is 2. The summed E-state index contributed by atoms with van der Waals surface area (Å²) in [4.78, 5) is 31.2. The molecule has 0 unspecified atom stereocenters. The third-order valence-electron chi connectivity index (χ3n) is 5.96. The Bertz CT molecular complexity index is 960. The number of rotatable bonds is 5. The SMILES string of the molecule is O=C(C[C@H]1CC[C@H]2[C@@H](COC[C@@H](O)CN2C(=O)c2ccncc2)O1)NCc1cccc(F)c1. The number of benzene rings is 1. The van der Waals surface area contributed by atoms with Crippen molar-refractivity contribution in [3.63, 3.8) is 0 Å². The van der Waals surface area contributed by atoms with Crippen molar-refractivity contribution < 1.29 is 28.6 Å². The van der Waals surface area contributed by atoms with Gasteiger partial charge in [-0.1, -0.05) is 12.1 Å². The second-order valence-electron chi connectivity index (χ2n) is 8.44. The molecule has 0 radical (unpaired) electrons. The molecule has 2 aromatic rings. The summed E-state index contributed by atoms with van der Waals surface area (Å²) < 4.78 is 25.1. The quantitative estimate of drug-likeness (QED) is 0.709. The maximum atomic E-state index is 13.3. The first-order valence-electron chi connectivity index (χ1n) is 11.1. The Hall–Kier alpha value is -2.88. The third kappa shape index (κ3) is 6.13. The number of hydrogen-bond donors (Lipinski definition) is 2.